The number of hydrogen-bond donors (Lipinski definition) is 0. The largest absolute Gasteiger partial charge is 0.494 e. The van der Waals surface area contributed by atoms with Crippen LogP contribution in [0.5, 0.6) is 5.75 Å². The standard InChI is InChI=1S/C6H6BrNO.ClH/c1-9-5-3-2-4-8-6(5)7;/h2-4H,1H3;1H. The Bertz CT molecular complexity index is 207. The van der Waals surface area contributed by atoms with E-state index in [1.807, 2.05) is 12.1 Å². The minimum atomic E-state index is 0. The summed E-state index contributed by atoms with van der Waals surface area (Å²) in [5.74, 6) is 0.762. The van der Waals surface area contributed by atoms with E-state index in [4.69, 9.17) is 4.74 Å². The van der Waals surface area contributed by atoms with Gasteiger partial charge in [0.1, 0.15) is 4.60 Å². The van der Waals surface area contributed by atoms with Crippen LogP contribution in [0.4, 0.5) is 0 Å². The molecule has 0 saturated carbocycles. The van der Waals surface area contributed by atoms with E-state index >= 15 is 0 Å². The lowest BCUT2D eigenvalue weighted by Crippen LogP contribution is -1.84. The predicted molar refractivity (Wildman–Crippen MR) is 45.7 cm³/mol. The number of methoxy groups -OCH3 is 1. The van der Waals surface area contributed by atoms with Crippen LogP contribution in [0.15, 0.2) is 22.9 Å². The number of hydrogen-bond acceptors (Lipinski definition) is 2. The SMILES string of the molecule is COc1cccnc1Br.Cl. The van der Waals surface area contributed by atoms with E-state index < -0.39 is 0 Å². The molecule has 0 bridgehead atoms. The third-order valence-electron chi connectivity index (χ3n) is 0.945. The zero-order chi connectivity index (χ0) is 6.69. The van der Waals surface area contributed by atoms with Gasteiger partial charge in [-0.2, -0.15) is 0 Å². The summed E-state index contributed by atoms with van der Waals surface area (Å²) in [6.45, 7) is 0. The second-order valence-electron chi connectivity index (χ2n) is 1.50. The number of aromatic nitrogens is 1. The highest BCUT2D eigenvalue weighted by Crippen LogP contribution is 2.19. The molecular formula is C6H7BrClNO. The van der Waals surface area contributed by atoms with Gasteiger partial charge in [0.05, 0.1) is 7.11 Å². The minimum absolute atomic E-state index is 0. The third kappa shape index (κ3) is 2.15. The normalized spacial score (nSPS) is 8.20. The summed E-state index contributed by atoms with van der Waals surface area (Å²) in [6.07, 6.45) is 1.70. The quantitative estimate of drug-likeness (QED) is 0.683. The van der Waals surface area contributed by atoms with Crippen molar-refractivity contribution >= 4 is 28.3 Å². The van der Waals surface area contributed by atoms with E-state index in [2.05, 4.69) is 20.9 Å². The van der Waals surface area contributed by atoms with Crippen LogP contribution in [0.1, 0.15) is 0 Å². The summed E-state index contributed by atoms with van der Waals surface area (Å²) in [7, 11) is 1.61. The second kappa shape index (κ2) is 4.52. The van der Waals surface area contributed by atoms with Gasteiger partial charge in [0.15, 0.2) is 5.75 Å². The van der Waals surface area contributed by atoms with E-state index in [0.717, 1.165) is 10.4 Å². The van der Waals surface area contributed by atoms with Gasteiger partial charge in [-0.1, -0.05) is 0 Å². The Hall–Kier alpha value is -0.280. The molecule has 0 radical (unpaired) electrons. The molecule has 1 aromatic rings. The zero-order valence-electron chi connectivity index (χ0n) is 5.37. The molecule has 56 valence electrons. The lowest BCUT2D eigenvalue weighted by molar-refractivity contribution is 0.410. The van der Waals surface area contributed by atoms with Gasteiger partial charge in [-0.15, -0.1) is 12.4 Å². The molecule has 0 saturated heterocycles. The second-order valence-corrected chi connectivity index (χ2v) is 2.25. The summed E-state index contributed by atoms with van der Waals surface area (Å²) in [5, 5.41) is 0. The Labute approximate surface area is 74.2 Å². The molecular weight excluding hydrogens is 217 g/mol. The maximum atomic E-state index is 4.94. The molecule has 2 nitrogen and oxygen atoms in total. The van der Waals surface area contributed by atoms with Gasteiger partial charge >= 0.3 is 0 Å². The minimum Gasteiger partial charge on any atom is -0.494 e. The van der Waals surface area contributed by atoms with Crippen molar-refractivity contribution in [3.8, 4) is 5.75 Å². The van der Waals surface area contributed by atoms with Gasteiger partial charge < -0.3 is 4.74 Å². The molecule has 0 fully saturated rings. The Morgan fingerprint density at radius 2 is 2.30 bits per heavy atom. The van der Waals surface area contributed by atoms with E-state index in [1.165, 1.54) is 0 Å². The lowest BCUT2D eigenvalue weighted by atomic mass is 10.5. The zero-order valence-corrected chi connectivity index (χ0v) is 7.78. The molecule has 0 spiro atoms. The van der Waals surface area contributed by atoms with Crippen LogP contribution in [0.25, 0.3) is 0 Å². The van der Waals surface area contributed by atoms with Gasteiger partial charge in [-0.25, -0.2) is 4.98 Å². The molecule has 0 aliphatic carbocycles. The Balaban J connectivity index is 0.000000810. The van der Waals surface area contributed by atoms with Crippen LogP contribution in [0.2, 0.25) is 0 Å². The molecule has 10 heavy (non-hydrogen) atoms. The number of rotatable bonds is 1. The molecule has 0 amide bonds. The highest BCUT2D eigenvalue weighted by atomic mass is 79.9. The average molecular weight is 224 g/mol. The van der Waals surface area contributed by atoms with Crippen molar-refractivity contribution < 1.29 is 4.74 Å². The Morgan fingerprint density at radius 1 is 1.60 bits per heavy atom. The van der Waals surface area contributed by atoms with Crippen molar-refractivity contribution in [3.05, 3.63) is 22.9 Å². The highest BCUT2D eigenvalue weighted by molar-refractivity contribution is 9.10. The van der Waals surface area contributed by atoms with Crippen molar-refractivity contribution in [2.24, 2.45) is 0 Å². The Morgan fingerprint density at radius 3 is 2.70 bits per heavy atom. The Kier molecular flexibility index (Phi) is 4.40. The first-order valence-corrected chi connectivity index (χ1v) is 3.28. The fourth-order valence-corrected chi connectivity index (χ4v) is 0.936. The van der Waals surface area contributed by atoms with Crippen LogP contribution in [-0.4, -0.2) is 12.1 Å². The average Bonchev–Trinajstić information content (AvgIpc) is 1.89. The van der Waals surface area contributed by atoms with Gasteiger partial charge in [-0.3, -0.25) is 0 Å². The van der Waals surface area contributed by atoms with E-state index in [1.54, 1.807) is 13.3 Å². The topological polar surface area (TPSA) is 22.1 Å². The first kappa shape index (κ1) is 9.72. The smallest absolute Gasteiger partial charge is 0.151 e. The van der Waals surface area contributed by atoms with Crippen molar-refractivity contribution in [1.29, 1.82) is 0 Å². The number of ether oxygens (including phenoxy) is 1. The first-order chi connectivity index (χ1) is 4.34. The van der Waals surface area contributed by atoms with Crippen LogP contribution in [0, 0.1) is 0 Å². The van der Waals surface area contributed by atoms with Crippen LogP contribution < -0.4 is 4.74 Å². The maximum Gasteiger partial charge on any atom is 0.151 e. The molecule has 0 aliphatic rings. The summed E-state index contributed by atoms with van der Waals surface area (Å²) < 4.78 is 5.68. The molecule has 1 heterocycles. The van der Waals surface area contributed by atoms with E-state index in [0.29, 0.717) is 0 Å². The van der Waals surface area contributed by atoms with Crippen LogP contribution >= 0.6 is 28.3 Å². The predicted octanol–water partition coefficient (Wildman–Crippen LogP) is 2.27. The number of halogens is 2. The summed E-state index contributed by atoms with van der Waals surface area (Å²) in [6, 6.07) is 3.67. The molecule has 1 aromatic heterocycles. The summed E-state index contributed by atoms with van der Waals surface area (Å²) in [5.41, 5.74) is 0. The molecule has 0 atom stereocenters. The van der Waals surface area contributed by atoms with Gasteiger partial charge in [0.25, 0.3) is 0 Å². The maximum absolute atomic E-state index is 4.94. The van der Waals surface area contributed by atoms with Crippen LogP contribution in [0.3, 0.4) is 0 Å². The third-order valence-corrected chi connectivity index (χ3v) is 1.54. The molecule has 0 aliphatic heterocycles. The van der Waals surface area contributed by atoms with E-state index in [-0.39, 0.29) is 12.4 Å². The fraction of sp³-hybridized carbons (Fsp3) is 0.167. The molecule has 0 N–H and O–H groups in total. The molecule has 0 aromatic carbocycles. The fourth-order valence-electron chi connectivity index (χ4n) is 0.524. The first-order valence-electron chi connectivity index (χ1n) is 2.49. The van der Waals surface area contributed by atoms with Crippen LogP contribution in [-0.2, 0) is 0 Å². The van der Waals surface area contributed by atoms with Crippen molar-refractivity contribution in [1.82, 2.24) is 4.98 Å². The highest BCUT2D eigenvalue weighted by Gasteiger charge is 1.94. The van der Waals surface area contributed by atoms with Crippen molar-refractivity contribution in [2.75, 3.05) is 7.11 Å². The summed E-state index contributed by atoms with van der Waals surface area (Å²) in [4.78, 5) is 3.94. The number of pyridine rings is 1. The molecule has 0 unspecified atom stereocenters. The van der Waals surface area contributed by atoms with Gasteiger partial charge in [0, 0.05) is 6.20 Å². The van der Waals surface area contributed by atoms with Crippen molar-refractivity contribution in [2.45, 2.75) is 0 Å². The number of nitrogens with zero attached hydrogens (tertiary/aromatic N) is 1. The monoisotopic (exact) mass is 223 g/mol. The molecule has 4 heteroatoms. The van der Waals surface area contributed by atoms with E-state index in [9.17, 15) is 0 Å². The van der Waals surface area contributed by atoms with Gasteiger partial charge in [-0.05, 0) is 28.1 Å². The van der Waals surface area contributed by atoms with Gasteiger partial charge in [0.2, 0.25) is 0 Å². The van der Waals surface area contributed by atoms with Crippen molar-refractivity contribution in [3.63, 3.8) is 0 Å². The molecule has 1 rings (SSSR count). The lowest BCUT2D eigenvalue weighted by Gasteiger charge is -1.98. The summed E-state index contributed by atoms with van der Waals surface area (Å²) >= 11 is 3.22.